The van der Waals surface area contributed by atoms with Crippen molar-refractivity contribution in [3.63, 3.8) is 0 Å². The van der Waals surface area contributed by atoms with Gasteiger partial charge in [-0.25, -0.2) is 0 Å². The maximum absolute atomic E-state index is 7.68. The van der Waals surface area contributed by atoms with Crippen molar-refractivity contribution in [1.29, 1.82) is 0 Å². The summed E-state index contributed by atoms with van der Waals surface area (Å²) in [4.78, 5) is 0. The van der Waals surface area contributed by atoms with E-state index >= 15 is 0 Å². The van der Waals surface area contributed by atoms with Crippen molar-refractivity contribution in [1.82, 2.24) is 9.13 Å². The Labute approximate surface area is 316 Å². The van der Waals surface area contributed by atoms with Crippen LogP contribution in [0.2, 0.25) is 0 Å². The minimum absolute atomic E-state index is 0.235. The third-order valence-corrected chi connectivity index (χ3v) is 19.1. The van der Waals surface area contributed by atoms with E-state index in [1.54, 1.807) is 0 Å². The first-order chi connectivity index (χ1) is 24.1. The van der Waals surface area contributed by atoms with E-state index in [1.807, 2.05) is 0 Å². The topological polar surface area (TPSA) is 9.86 Å². The zero-order chi connectivity index (χ0) is 35.1. The molecule has 0 aliphatic carbocycles. The Kier molecular flexibility index (Phi) is 28.1. The zero-order valence-electron chi connectivity index (χ0n) is 32.0. The molecule has 0 aromatic carbocycles. The molecular weight excluding hydrogens is 675 g/mol. The van der Waals surface area contributed by atoms with Crippen molar-refractivity contribution in [2.45, 2.75) is 202 Å². The van der Waals surface area contributed by atoms with Crippen LogP contribution in [-0.2, 0) is 14.5 Å². The zero-order valence-corrected chi connectivity index (χ0v) is 35.1. The molecule has 0 amide bonds. The number of allylic oxidation sites excluding steroid dienone is 4. The molecule has 0 aliphatic heterocycles. The normalized spacial score (nSPS) is 13.6. The first-order valence-corrected chi connectivity index (χ1v) is 27.1. The van der Waals surface area contributed by atoms with Crippen LogP contribution in [0.4, 0.5) is 0 Å². The molecular formula is C44H76Cl2N2Ti. The molecule has 2 aromatic rings. The molecule has 2 heterocycles. The van der Waals surface area contributed by atoms with Crippen LogP contribution in [0.5, 0.6) is 0 Å². The molecule has 0 radical (unpaired) electrons. The average Bonchev–Trinajstić information content (AvgIpc) is 3.83. The molecule has 49 heavy (non-hydrogen) atoms. The molecule has 0 bridgehead atoms. The molecule has 0 saturated heterocycles. The van der Waals surface area contributed by atoms with Gasteiger partial charge >= 0.3 is 240 Å². The van der Waals surface area contributed by atoms with E-state index in [1.165, 1.54) is 167 Å². The van der Waals surface area contributed by atoms with Gasteiger partial charge in [0, 0.05) is 0 Å². The fourth-order valence-electron chi connectivity index (χ4n) is 7.23. The molecule has 0 N–H and O–H groups in total. The molecule has 5 heteroatoms. The Hall–Kier alpha value is -0.666. The second kappa shape index (κ2) is 30.9. The van der Waals surface area contributed by atoms with Crippen molar-refractivity contribution < 1.29 is 14.5 Å². The van der Waals surface area contributed by atoms with Crippen LogP contribution in [0.15, 0.2) is 73.4 Å². The van der Waals surface area contributed by atoms with Gasteiger partial charge in [-0.05, 0) is 0 Å². The number of hydrogen-bond acceptors (Lipinski definition) is 0. The van der Waals surface area contributed by atoms with Gasteiger partial charge in [-0.2, -0.15) is 0 Å². The van der Waals surface area contributed by atoms with Gasteiger partial charge in [-0.1, -0.05) is 78.1 Å². The van der Waals surface area contributed by atoms with Gasteiger partial charge in [0.1, 0.15) is 0 Å². The monoisotopic (exact) mass is 750 g/mol. The number of unbranched alkanes of at least 4 members (excludes halogenated alkanes) is 22. The molecule has 2 atom stereocenters. The first-order valence-electron chi connectivity index (χ1n) is 21.0. The van der Waals surface area contributed by atoms with Gasteiger partial charge in [0.15, 0.2) is 0 Å². The molecule has 280 valence electrons. The summed E-state index contributed by atoms with van der Waals surface area (Å²) < 4.78 is 5.17. The Morgan fingerprint density at radius 1 is 0.408 bits per heavy atom. The van der Waals surface area contributed by atoms with Crippen LogP contribution >= 0.6 is 18.6 Å². The van der Waals surface area contributed by atoms with Crippen LogP contribution in [0.3, 0.4) is 0 Å². The van der Waals surface area contributed by atoms with Crippen LogP contribution in [0, 0.1) is 0 Å². The van der Waals surface area contributed by atoms with Gasteiger partial charge in [-0.15, -0.1) is 0 Å². The SMILES string of the molecule is CCCCCCCC/C=C\CCCCCCC[CH](n1cccc1)[Ti]([Cl])([Cl])[CH](CCCCCCC/C=C\CCCCCCCC)n1cccc1. The molecule has 2 rings (SSSR count). The summed E-state index contributed by atoms with van der Waals surface area (Å²) in [5.74, 6) is 0. The summed E-state index contributed by atoms with van der Waals surface area (Å²) in [6.07, 6.45) is 55.1. The quantitative estimate of drug-likeness (QED) is 0.0383. The van der Waals surface area contributed by atoms with Crippen molar-refractivity contribution in [3.05, 3.63) is 73.4 Å². The molecule has 0 aliphatic rings. The fraction of sp³-hybridized carbons (Fsp3) is 0.727. The van der Waals surface area contributed by atoms with Crippen LogP contribution in [-0.4, -0.2) is 9.13 Å². The second-order valence-electron chi connectivity index (χ2n) is 14.7. The van der Waals surface area contributed by atoms with Gasteiger partial charge in [0.2, 0.25) is 0 Å². The van der Waals surface area contributed by atoms with Crippen molar-refractivity contribution in [2.24, 2.45) is 0 Å². The van der Waals surface area contributed by atoms with Crippen LogP contribution < -0.4 is 0 Å². The third kappa shape index (κ3) is 21.5. The van der Waals surface area contributed by atoms with E-state index in [0.717, 1.165) is 12.8 Å². The van der Waals surface area contributed by atoms with E-state index in [-0.39, 0.29) is 8.69 Å². The molecule has 0 saturated carbocycles. The molecule has 2 unspecified atom stereocenters. The summed E-state index contributed by atoms with van der Waals surface area (Å²) in [6.45, 7) is 4.58. The predicted molar refractivity (Wildman–Crippen MR) is 218 cm³/mol. The Balaban J connectivity index is 1.70. The summed E-state index contributed by atoms with van der Waals surface area (Å²) in [6, 6.07) is 8.53. The van der Waals surface area contributed by atoms with E-state index in [2.05, 4.69) is 96.3 Å². The van der Waals surface area contributed by atoms with Crippen LogP contribution in [0.1, 0.15) is 202 Å². The summed E-state index contributed by atoms with van der Waals surface area (Å²) in [7, 11) is 15.4. The van der Waals surface area contributed by atoms with Crippen LogP contribution in [0.25, 0.3) is 0 Å². The number of rotatable bonds is 34. The Morgan fingerprint density at radius 2 is 0.673 bits per heavy atom. The van der Waals surface area contributed by atoms with Crippen molar-refractivity contribution in [2.75, 3.05) is 0 Å². The second-order valence-corrected chi connectivity index (χ2v) is 24.9. The van der Waals surface area contributed by atoms with Gasteiger partial charge in [0.05, 0.1) is 0 Å². The minimum atomic E-state index is -3.38. The third-order valence-electron chi connectivity index (χ3n) is 10.3. The summed E-state index contributed by atoms with van der Waals surface area (Å²) in [5, 5.41) is 0. The molecule has 2 nitrogen and oxygen atoms in total. The van der Waals surface area contributed by atoms with Gasteiger partial charge in [0.25, 0.3) is 0 Å². The Bertz CT molecular complexity index is 934. The number of aromatic nitrogens is 2. The average molecular weight is 752 g/mol. The number of halogens is 2. The Morgan fingerprint density at radius 3 is 0.980 bits per heavy atom. The van der Waals surface area contributed by atoms with Gasteiger partial charge in [-0.3, -0.25) is 0 Å². The van der Waals surface area contributed by atoms with E-state index in [0.29, 0.717) is 0 Å². The van der Waals surface area contributed by atoms with E-state index in [9.17, 15) is 0 Å². The molecule has 0 fully saturated rings. The van der Waals surface area contributed by atoms with Crippen molar-refractivity contribution in [3.8, 4) is 0 Å². The van der Waals surface area contributed by atoms with Crippen molar-refractivity contribution >= 4 is 18.6 Å². The van der Waals surface area contributed by atoms with E-state index < -0.39 is 14.5 Å². The standard InChI is InChI=1S/2C22H38N.2ClH.Ti/c2*1-2-3-4-5-6-7-8-9-10-11-12-13-14-15-16-17-20-23-21-18-19-22-23;;;/h2*9-10,18-22H,2-8,11-17H2,1H3;2*1H;/q;;;;+2/p-2/b2*10-9-;;;. The summed E-state index contributed by atoms with van der Waals surface area (Å²) in [5.41, 5.74) is 0. The predicted octanol–water partition coefficient (Wildman–Crippen LogP) is 16.5. The van der Waals surface area contributed by atoms with E-state index in [4.69, 9.17) is 18.6 Å². The molecule has 0 spiro atoms. The molecule has 2 aromatic heterocycles. The summed E-state index contributed by atoms with van der Waals surface area (Å²) >= 11 is -3.38. The number of hydrogen-bond donors (Lipinski definition) is 0. The van der Waals surface area contributed by atoms with Gasteiger partial charge < -0.3 is 0 Å². The first kappa shape index (κ1) is 44.5. The maximum atomic E-state index is 7.68. The number of nitrogens with zero attached hydrogens (tertiary/aromatic N) is 2. The fourth-order valence-corrected chi connectivity index (χ4v) is 15.2.